The Kier molecular flexibility index (Phi) is 4.55. The average Bonchev–Trinajstić information content (AvgIpc) is 2.80. The first-order valence-corrected chi connectivity index (χ1v) is 7.87. The molecule has 1 saturated heterocycles. The van der Waals surface area contributed by atoms with Gasteiger partial charge in [0.1, 0.15) is 0 Å². The predicted molar refractivity (Wildman–Crippen MR) is 85.2 cm³/mol. The van der Waals surface area contributed by atoms with Crippen LogP contribution in [0.2, 0.25) is 0 Å². The largest absolute Gasteiger partial charge is 0.356 e. The van der Waals surface area contributed by atoms with Crippen molar-refractivity contribution in [2.75, 3.05) is 13.1 Å². The van der Waals surface area contributed by atoms with Crippen molar-refractivity contribution >= 4 is 16.8 Å². The molecular formula is C17H23N3O. The van der Waals surface area contributed by atoms with Gasteiger partial charge >= 0.3 is 0 Å². The van der Waals surface area contributed by atoms with Crippen molar-refractivity contribution in [1.82, 2.24) is 15.2 Å². The minimum atomic E-state index is 0.193. The molecule has 0 radical (unpaired) electrons. The summed E-state index contributed by atoms with van der Waals surface area (Å²) >= 11 is 0. The molecule has 2 aromatic rings. The van der Waals surface area contributed by atoms with Crippen molar-refractivity contribution in [1.29, 1.82) is 0 Å². The molecule has 1 aromatic carbocycles. The second-order valence-electron chi connectivity index (χ2n) is 5.75. The molecule has 1 aromatic heterocycles. The molecule has 0 saturated carbocycles. The lowest BCUT2D eigenvalue weighted by molar-refractivity contribution is -0.120. The number of para-hydroxylation sites is 1. The Labute approximate surface area is 125 Å². The third-order valence-corrected chi connectivity index (χ3v) is 4.22. The molecule has 1 aliphatic rings. The monoisotopic (exact) mass is 285 g/mol. The maximum atomic E-state index is 11.3. The number of hydrogen-bond acceptors (Lipinski definition) is 2. The van der Waals surface area contributed by atoms with E-state index in [4.69, 9.17) is 0 Å². The fourth-order valence-corrected chi connectivity index (χ4v) is 3.02. The number of nitrogens with zero attached hydrogens (tertiary/aromatic N) is 1. The van der Waals surface area contributed by atoms with Gasteiger partial charge in [-0.2, -0.15) is 0 Å². The molecule has 4 heteroatoms. The smallest absolute Gasteiger partial charge is 0.220 e. The summed E-state index contributed by atoms with van der Waals surface area (Å²) in [4.78, 5) is 11.3. The summed E-state index contributed by atoms with van der Waals surface area (Å²) in [6, 6.07) is 11.1. The highest BCUT2D eigenvalue weighted by atomic mass is 16.1. The summed E-state index contributed by atoms with van der Waals surface area (Å²) < 4.78 is 2.31. The number of amides is 1. The number of carbonyl (C=O) groups is 1. The zero-order valence-corrected chi connectivity index (χ0v) is 12.3. The van der Waals surface area contributed by atoms with Crippen molar-refractivity contribution < 1.29 is 4.79 Å². The number of rotatable bonds is 5. The van der Waals surface area contributed by atoms with Gasteiger partial charge < -0.3 is 15.2 Å². The highest BCUT2D eigenvalue weighted by molar-refractivity contribution is 5.79. The van der Waals surface area contributed by atoms with Gasteiger partial charge in [-0.25, -0.2) is 0 Å². The Morgan fingerprint density at radius 3 is 3.10 bits per heavy atom. The Bertz CT molecular complexity index is 605. The van der Waals surface area contributed by atoms with Gasteiger partial charge in [-0.15, -0.1) is 0 Å². The van der Waals surface area contributed by atoms with E-state index in [2.05, 4.69) is 51.7 Å². The molecule has 3 rings (SSSR count). The van der Waals surface area contributed by atoms with Crippen LogP contribution < -0.4 is 10.6 Å². The lowest BCUT2D eigenvalue weighted by atomic mass is 10.1. The summed E-state index contributed by atoms with van der Waals surface area (Å²) in [5, 5.41) is 7.82. The quantitative estimate of drug-likeness (QED) is 0.828. The molecule has 2 heterocycles. The van der Waals surface area contributed by atoms with Gasteiger partial charge in [-0.3, -0.25) is 4.79 Å². The number of aromatic nitrogens is 1. The van der Waals surface area contributed by atoms with Crippen LogP contribution in [0.4, 0.5) is 0 Å². The fraction of sp³-hybridized carbons (Fsp3) is 0.471. The molecule has 1 fully saturated rings. The lowest BCUT2D eigenvalue weighted by Crippen LogP contribution is -2.31. The van der Waals surface area contributed by atoms with E-state index in [0.29, 0.717) is 12.5 Å². The lowest BCUT2D eigenvalue weighted by Gasteiger charge is -2.15. The van der Waals surface area contributed by atoms with Crippen LogP contribution in [-0.4, -0.2) is 29.6 Å². The van der Waals surface area contributed by atoms with Crippen LogP contribution in [0, 0.1) is 0 Å². The van der Waals surface area contributed by atoms with Gasteiger partial charge in [0, 0.05) is 37.3 Å². The Hall–Kier alpha value is -1.81. The standard InChI is InChI=1S/C17H23N3O/c21-17-7-6-15(8-11-19-17)18-10-3-12-20-13-9-14-4-1-2-5-16(14)20/h1-2,4-5,9,13,15,18H,3,6-8,10-12H2,(H,19,21). The Morgan fingerprint density at radius 1 is 1.24 bits per heavy atom. The number of aryl methyl sites for hydroxylation is 1. The molecule has 2 N–H and O–H groups in total. The molecule has 0 aliphatic carbocycles. The molecule has 4 nitrogen and oxygen atoms in total. The zero-order chi connectivity index (χ0) is 14.5. The number of fused-ring (bicyclic) bond motifs is 1. The molecule has 0 bridgehead atoms. The highest BCUT2D eigenvalue weighted by Crippen LogP contribution is 2.15. The van der Waals surface area contributed by atoms with Gasteiger partial charge in [-0.05, 0) is 43.3 Å². The summed E-state index contributed by atoms with van der Waals surface area (Å²) in [6.07, 6.45) is 5.92. The Balaban J connectivity index is 1.45. The molecule has 21 heavy (non-hydrogen) atoms. The van der Waals surface area contributed by atoms with Crippen molar-refractivity contribution in [3.8, 4) is 0 Å². The number of hydrogen-bond donors (Lipinski definition) is 2. The number of carbonyl (C=O) groups excluding carboxylic acids is 1. The van der Waals surface area contributed by atoms with Crippen LogP contribution in [0.25, 0.3) is 10.9 Å². The van der Waals surface area contributed by atoms with E-state index < -0.39 is 0 Å². The molecular weight excluding hydrogens is 262 g/mol. The number of nitrogens with one attached hydrogen (secondary N) is 2. The molecule has 112 valence electrons. The Morgan fingerprint density at radius 2 is 2.14 bits per heavy atom. The molecule has 0 spiro atoms. The molecule has 1 unspecified atom stereocenters. The summed E-state index contributed by atoms with van der Waals surface area (Å²) in [5.41, 5.74) is 1.31. The van der Waals surface area contributed by atoms with Crippen LogP contribution in [0.1, 0.15) is 25.7 Å². The van der Waals surface area contributed by atoms with Gasteiger partial charge in [0.25, 0.3) is 0 Å². The minimum Gasteiger partial charge on any atom is -0.356 e. The second kappa shape index (κ2) is 6.76. The highest BCUT2D eigenvalue weighted by Gasteiger charge is 2.14. The van der Waals surface area contributed by atoms with E-state index in [1.807, 2.05) is 0 Å². The second-order valence-corrected chi connectivity index (χ2v) is 5.75. The van der Waals surface area contributed by atoms with E-state index in [1.165, 1.54) is 10.9 Å². The third kappa shape index (κ3) is 3.64. The van der Waals surface area contributed by atoms with Crippen molar-refractivity contribution in [2.45, 2.75) is 38.3 Å². The topological polar surface area (TPSA) is 46.1 Å². The average molecular weight is 285 g/mol. The summed E-state index contributed by atoms with van der Waals surface area (Å²) in [5.74, 6) is 0.193. The maximum absolute atomic E-state index is 11.3. The summed E-state index contributed by atoms with van der Waals surface area (Å²) in [6.45, 7) is 2.84. The van der Waals surface area contributed by atoms with Crippen LogP contribution >= 0.6 is 0 Å². The first-order valence-electron chi connectivity index (χ1n) is 7.87. The third-order valence-electron chi connectivity index (χ3n) is 4.22. The van der Waals surface area contributed by atoms with Gasteiger partial charge in [0.05, 0.1) is 0 Å². The normalized spacial score (nSPS) is 19.4. The van der Waals surface area contributed by atoms with Crippen LogP contribution in [0.15, 0.2) is 36.5 Å². The van der Waals surface area contributed by atoms with Crippen molar-refractivity contribution in [2.24, 2.45) is 0 Å². The zero-order valence-electron chi connectivity index (χ0n) is 12.3. The molecule has 1 atom stereocenters. The first kappa shape index (κ1) is 14.1. The van der Waals surface area contributed by atoms with E-state index in [1.54, 1.807) is 0 Å². The minimum absolute atomic E-state index is 0.193. The van der Waals surface area contributed by atoms with Gasteiger partial charge in [-0.1, -0.05) is 18.2 Å². The van der Waals surface area contributed by atoms with E-state index in [0.717, 1.165) is 38.9 Å². The SMILES string of the molecule is O=C1CCC(NCCCn2ccc3ccccc32)CCN1. The van der Waals surface area contributed by atoms with E-state index >= 15 is 0 Å². The predicted octanol–water partition coefficient (Wildman–Crippen LogP) is 2.29. The van der Waals surface area contributed by atoms with E-state index in [-0.39, 0.29) is 5.91 Å². The molecule has 1 aliphatic heterocycles. The van der Waals surface area contributed by atoms with Crippen molar-refractivity contribution in [3.63, 3.8) is 0 Å². The van der Waals surface area contributed by atoms with Crippen LogP contribution in [-0.2, 0) is 11.3 Å². The van der Waals surface area contributed by atoms with Crippen LogP contribution in [0.3, 0.4) is 0 Å². The fourth-order valence-electron chi connectivity index (χ4n) is 3.02. The van der Waals surface area contributed by atoms with Gasteiger partial charge in [0.2, 0.25) is 5.91 Å². The van der Waals surface area contributed by atoms with E-state index in [9.17, 15) is 4.79 Å². The first-order chi connectivity index (χ1) is 10.3. The number of benzene rings is 1. The molecule has 1 amide bonds. The summed E-state index contributed by atoms with van der Waals surface area (Å²) in [7, 11) is 0. The van der Waals surface area contributed by atoms with Gasteiger partial charge in [0.15, 0.2) is 0 Å². The maximum Gasteiger partial charge on any atom is 0.220 e. The van der Waals surface area contributed by atoms with Crippen molar-refractivity contribution in [3.05, 3.63) is 36.5 Å². The van der Waals surface area contributed by atoms with Crippen LogP contribution in [0.5, 0.6) is 0 Å².